The number of nitrogens with zero attached hydrogens (tertiary/aromatic N) is 1. The van der Waals surface area contributed by atoms with Crippen molar-refractivity contribution >= 4 is 11.6 Å². The molecule has 2 nitrogen and oxygen atoms in total. The first-order valence-corrected chi connectivity index (χ1v) is 6.96. The number of piperazine rings is 1. The highest BCUT2D eigenvalue weighted by atomic mass is 35.5. The minimum atomic E-state index is -0.343. The van der Waals surface area contributed by atoms with Gasteiger partial charge in [0.1, 0.15) is 5.82 Å². The molecule has 1 aliphatic heterocycles. The summed E-state index contributed by atoms with van der Waals surface area (Å²) in [6, 6.07) is 5.58. The van der Waals surface area contributed by atoms with Crippen LogP contribution in [0.5, 0.6) is 0 Å². The molecule has 18 heavy (non-hydrogen) atoms. The maximum atomic E-state index is 13.1. The van der Waals surface area contributed by atoms with Crippen LogP contribution in [0.25, 0.3) is 0 Å². The van der Waals surface area contributed by atoms with Gasteiger partial charge in [0.15, 0.2) is 0 Å². The van der Waals surface area contributed by atoms with Gasteiger partial charge in [-0.3, -0.25) is 4.90 Å². The number of hydrogen-bond donors (Lipinski definition) is 1. The van der Waals surface area contributed by atoms with E-state index in [2.05, 4.69) is 17.1 Å². The first-order chi connectivity index (χ1) is 8.69. The average molecular weight is 271 g/mol. The lowest BCUT2D eigenvalue weighted by atomic mass is 10.1. The second kappa shape index (κ2) is 6.50. The van der Waals surface area contributed by atoms with Crippen LogP contribution in [-0.2, 0) is 6.54 Å². The minimum absolute atomic E-state index is 0.216. The highest BCUT2D eigenvalue weighted by Crippen LogP contribution is 2.18. The van der Waals surface area contributed by atoms with Crippen LogP contribution in [0.1, 0.15) is 25.3 Å². The van der Waals surface area contributed by atoms with E-state index in [9.17, 15) is 4.39 Å². The maximum absolute atomic E-state index is 13.1. The van der Waals surface area contributed by atoms with Gasteiger partial charge >= 0.3 is 0 Å². The van der Waals surface area contributed by atoms with Gasteiger partial charge in [-0.25, -0.2) is 4.39 Å². The molecule has 4 heteroatoms. The highest BCUT2D eigenvalue weighted by Gasteiger charge is 2.18. The molecule has 1 unspecified atom stereocenters. The van der Waals surface area contributed by atoms with Crippen molar-refractivity contribution in [1.82, 2.24) is 10.2 Å². The molecule has 0 radical (unpaired) electrons. The van der Waals surface area contributed by atoms with Crippen LogP contribution in [0.15, 0.2) is 18.2 Å². The zero-order chi connectivity index (χ0) is 13.0. The molecule has 2 rings (SSSR count). The lowest BCUT2D eigenvalue weighted by Gasteiger charge is -2.33. The lowest BCUT2D eigenvalue weighted by Crippen LogP contribution is -2.50. The summed E-state index contributed by atoms with van der Waals surface area (Å²) >= 11 is 5.80. The van der Waals surface area contributed by atoms with E-state index < -0.39 is 0 Å². The summed E-state index contributed by atoms with van der Waals surface area (Å²) in [4.78, 5) is 2.40. The summed E-state index contributed by atoms with van der Waals surface area (Å²) in [5, 5.41) is 3.74. The molecule has 0 spiro atoms. The van der Waals surface area contributed by atoms with Gasteiger partial charge in [-0.05, 0) is 24.1 Å². The number of hydrogen-bond acceptors (Lipinski definition) is 2. The molecule has 1 aromatic rings. The minimum Gasteiger partial charge on any atom is -0.311 e. The van der Waals surface area contributed by atoms with Gasteiger partial charge in [-0.1, -0.05) is 31.0 Å². The fourth-order valence-corrected chi connectivity index (χ4v) is 2.68. The Hall–Kier alpha value is -0.640. The summed E-state index contributed by atoms with van der Waals surface area (Å²) < 4.78 is 13.1. The van der Waals surface area contributed by atoms with Crippen LogP contribution in [0.3, 0.4) is 0 Å². The monoisotopic (exact) mass is 270 g/mol. The fourth-order valence-electron chi connectivity index (χ4n) is 2.48. The Labute approximate surface area is 113 Å². The number of nitrogens with one attached hydrogen (secondary N) is 1. The summed E-state index contributed by atoms with van der Waals surface area (Å²) in [6.45, 7) is 6.18. The van der Waals surface area contributed by atoms with Crippen LogP contribution in [-0.4, -0.2) is 30.6 Å². The van der Waals surface area contributed by atoms with Gasteiger partial charge in [0.2, 0.25) is 0 Å². The molecule has 0 aliphatic carbocycles. The third kappa shape index (κ3) is 3.67. The van der Waals surface area contributed by atoms with E-state index in [4.69, 9.17) is 11.6 Å². The second-order valence-electron chi connectivity index (χ2n) is 4.92. The van der Waals surface area contributed by atoms with Gasteiger partial charge < -0.3 is 5.32 Å². The number of rotatable bonds is 4. The topological polar surface area (TPSA) is 15.3 Å². The van der Waals surface area contributed by atoms with E-state index in [0.29, 0.717) is 6.04 Å². The summed E-state index contributed by atoms with van der Waals surface area (Å²) in [5.41, 5.74) is 1.08. The molecular formula is C14H20ClFN2. The molecule has 1 saturated heterocycles. The van der Waals surface area contributed by atoms with E-state index in [1.165, 1.54) is 18.9 Å². The molecule has 0 bridgehead atoms. The first-order valence-electron chi connectivity index (χ1n) is 6.58. The predicted octanol–water partition coefficient (Wildman–Crippen LogP) is 3.05. The van der Waals surface area contributed by atoms with Crippen molar-refractivity contribution in [3.05, 3.63) is 34.6 Å². The van der Waals surface area contributed by atoms with E-state index in [0.717, 1.165) is 31.7 Å². The van der Waals surface area contributed by atoms with Crippen LogP contribution >= 0.6 is 11.6 Å². The molecule has 1 heterocycles. The van der Waals surface area contributed by atoms with Crippen LogP contribution in [0.4, 0.5) is 4.39 Å². The Balaban J connectivity index is 1.93. The van der Waals surface area contributed by atoms with E-state index >= 15 is 0 Å². The quantitative estimate of drug-likeness (QED) is 0.905. The van der Waals surface area contributed by atoms with E-state index in [1.54, 1.807) is 6.07 Å². The van der Waals surface area contributed by atoms with Crippen LogP contribution < -0.4 is 5.32 Å². The van der Waals surface area contributed by atoms with Crippen molar-refractivity contribution in [3.8, 4) is 0 Å². The zero-order valence-electron chi connectivity index (χ0n) is 10.8. The third-order valence-corrected chi connectivity index (χ3v) is 3.66. The second-order valence-corrected chi connectivity index (χ2v) is 5.33. The summed E-state index contributed by atoms with van der Waals surface area (Å²) in [5.74, 6) is -0.343. The molecule has 1 N–H and O–H groups in total. The summed E-state index contributed by atoms with van der Waals surface area (Å²) in [6.07, 6.45) is 2.41. The molecule has 100 valence electrons. The zero-order valence-corrected chi connectivity index (χ0v) is 11.5. The number of benzene rings is 1. The van der Waals surface area contributed by atoms with Crippen molar-refractivity contribution in [3.63, 3.8) is 0 Å². The number of halogens is 2. The van der Waals surface area contributed by atoms with Gasteiger partial charge in [0.05, 0.1) is 5.02 Å². The molecule has 1 fully saturated rings. The van der Waals surface area contributed by atoms with Crippen molar-refractivity contribution < 1.29 is 4.39 Å². The maximum Gasteiger partial charge on any atom is 0.141 e. The fraction of sp³-hybridized carbons (Fsp3) is 0.571. The molecule has 1 aliphatic rings. The largest absolute Gasteiger partial charge is 0.311 e. The third-order valence-electron chi connectivity index (χ3n) is 3.37. The molecular weight excluding hydrogens is 251 g/mol. The van der Waals surface area contributed by atoms with E-state index in [-0.39, 0.29) is 10.8 Å². The van der Waals surface area contributed by atoms with Gasteiger partial charge in [0, 0.05) is 32.2 Å². The normalized spacial score (nSPS) is 21.2. The van der Waals surface area contributed by atoms with Crippen LogP contribution in [0, 0.1) is 5.82 Å². The van der Waals surface area contributed by atoms with Crippen molar-refractivity contribution in [2.75, 3.05) is 19.6 Å². The Morgan fingerprint density at radius 1 is 1.50 bits per heavy atom. The van der Waals surface area contributed by atoms with Gasteiger partial charge in [-0.2, -0.15) is 0 Å². The van der Waals surface area contributed by atoms with Crippen molar-refractivity contribution in [2.45, 2.75) is 32.4 Å². The van der Waals surface area contributed by atoms with Crippen molar-refractivity contribution in [1.29, 1.82) is 0 Å². The van der Waals surface area contributed by atoms with E-state index in [1.807, 2.05) is 6.07 Å². The van der Waals surface area contributed by atoms with Crippen molar-refractivity contribution in [2.24, 2.45) is 0 Å². The Kier molecular flexibility index (Phi) is 4.98. The molecule has 0 saturated carbocycles. The molecule has 0 amide bonds. The Bertz CT molecular complexity index is 395. The SMILES string of the molecule is CCCC1CN(Cc2ccc(F)c(Cl)c2)CCN1. The standard InChI is InChI=1S/C14H20ClFN2/c1-2-3-12-10-18(7-6-17-12)9-11-4-5-14(16)13(15)8-11/h4-5,8,12,17H,2-3,6-7,9-10H2,1H3. The predicted molar refractivity (Wildman–Crippen MR) is 73.4 cm³/mol. The first kappa shape index (κ1) is 13.8. The van der Waals surface area contributed by atoms with Crippen LogP contribution in [0.2, 0.25) is 5.02 Å². The van der Waals surface area contributed by atoms with Gasteiger partial charge in [-0.15, -0.1) is 0 Å². The Morgan fingerprint density at radius 2 is 2.33 bits per heavy atom. The Morgan fingerprint density at radius 3 is 3.06 bits per heavy atom. The van der Waals surface area contributed by atoms with Gasteiger partial charge in [0.25, 0.3) is 0 Å². The molecule has 1 aromatic carbocycles. The highest BCUT2D eigenvalue weighted by molar-refractivity contribution is 6.30. The smallest absolute Gasteiger partial charge is 0.141 e. The average Bonchev–Trinajstić information content (AvgIpc) is 2.35. The lowest BCUT2D eigenvalue weighted by molar-refractivity contribution is 0.187. The molecule has 0 aromatic heterocycles. The summed E-state index contributed by atoms with van der Waals surface area (Å²) in [7, 11) is 0. The molecule has 1 atom stereocenters.